The normalized spacial score (nSPS) is 31.0. The van der Waals surface area contributed by atoms with Gasteiger partial charge in [0.1, 0.15) is 0 Å². The molecule has 2 aliphatic rings. The topological polar surface area (TPSA) is 6.48 Å². The van der Waals surface area contributed by atoms with Gasteiger partial charge in [-0.25, -0.2) is 0 Å². The van der Waals surface area contributed by atoms with Crippen molar-refractivity contribution in [2.45, 2.75) is 78.6 Å². The second kappa shape index (κ2) is 11.4. The van der Waals surface area contributed by atoms with Gasteiger partial charge >= 0.3 is 0 Å². The molecule has 2 nitrogen and oxygen atoms in total. The van der Waals surface area contributed by atoms with Crippen molar-refractivity contribution in [3.8, 4) is 0 Å². The van der Waals surface area contributed by atoms with E-state index in [1.165, 1.54) is 84.0 Å². The Labute approximate surface area is 170 Å². The molecule has 1 spiro atoms. The first-order chi connectivity index (χ1) is 11.0. The summed E-state index contributed by atoms with van der Waals surface area (Å²) in [6.45, 7) is 12.6. The number of nitrogens with zero attached hydrogens (tertiary/aromatic N) is 2. The number of hydrogen-bond donors (Lipinski definition) is 0. The van der Waals surface area contributed by atoms with Gasteiger partial charge in [0.2, 0.25) is 0 Å². The quantitative estimate of drug-likeness (QED) is 0.506. The molecule has 1 heterocycles. The molecule has 1 aliphatic heterocycles. The molecule has 2 fully saturated rings. The third-order valence-electron chi connectivity index (χ3n) is 7.31. The molecule has 0 N–H and O–H groups in total. The van der Waals surface area contributed by atoms with Crippen molar-refractivity contribution >= 4 is 24.8 Å². The zero-order valence-corrected chi connectivity index (χ0v) is 19.1. The van der Waals surface area contributed by atoms with Crippen LogP contribution in [0.2, 0.25) is 0 Å². The first-order valence-electron chi connectivity index (χ1n) is 10.3. The molecule has 0 bridgehead atoms. The summed E-state index contributed by atoms with van der Waals surface area (Å²) in [6.07, 6.45) is 13.0. The van der Waals surface area contributed by atoms with Crippen molar-refractivity contribution in [2.24, 2.45) is 16.7 Å². The molecule has 2 rings (SSSR count). The molecule has 4 heteroatoms. The predicted molar refractivity (Wildman–Crippen MR) is 116 cm³/mol. The Bertz CT molecular complexity index is 352. The van der Waals surface area contributed by atoms with Gasteiger partial charge in [0.25, 0.3) is 0 Å². The van der Waals surface area contributed by atoms with Gasteiger partial charge < -0.3 is 9.80 Å². The van der Waals surface area contributed by atoms with Crippen molar-refractivity contribution < 1.29 is 0 Å². The number of hydrogen-bond acceptors (Lipinski definition) is 2. The average Bonchev–Trinajstić information content (AvgIpc) is 2.92. The zero-order valence-electron chi connectivity index (χ0n) is 17.5. The van der Waals surface area contributed by atoms with E-state index in [1.54, 1.807) is 0 Å². The van der Waals surface area contributed by atoms with E-state index in [9.17, 15) is 0 Å². The first kappa shape index (κ1) is 25.5. The van der Waals surface area contributed by atoms with Crippen LogP contribution in [0.4, 0.5) is 0 Å². The van der Waals surface area contributed by atoms with E-state index in [0.29, 0.717) is 10.8 Å². The summed E-state index contributed by atoms with van der Waals surface area (Å²) in [4.78, 5) is 5.08. The maximum absolute atomic E-state index is 2.76. The maximum Gasteiger partial charge on any atom is 0.00385 e. The Morgan fingerprint density at radius 1 is 1.00 bits per heavy atom. The van der Waals surface area contributed by atoms with E-state index in [2.05, 4.69) is 44.7 Å². The summed E-state index contributed by atoms with van der Waals surface area (Å²) in [5.74, 6) is 0.914. The van der Waals surface area contributed by atoms with Gasteiger partial charge in [-0.15, -0.1) is 24.8 Å². The van der Waals surface area contributed by atoms with Crippen LogP contribution < -0.4 is 0 Å². The lowest BCUT2D eigenvalue weighted by atomic mass is 9.57. The average molecular weight is 396 g/mol. The van der Waals surface area contributed by atoms with E-state index in [0.717, 1.165) is 5.92 Å². The molecule has 0 aromatic heterocycles. The Morgan fingerprint density at radius 3 is 2.16 bits per heavy atom. The minimum atomic E-state index is 0. The Kier molecular flexibility index (Phi) is 11.6. The fourth-order valence-electron chi connectivity index (χ4n) is 5.44. The summed E-state index contributed by atoms with van der Waals surface area (Å²) in [6, 6.07) is 0. The van der Waals surface area contributed by atoms with E-state index < -0.39 is 0 Å². The number of halogens is 2. The molecule has 1 saturated heterocycles. The van der Waals surface area contributed by atoms with Crippen LogP contribution in [0.3, 0.4) is 0 Å². The summed E-state index contributed by atoms with van der Waals surface area (Å²) in [5.41, 5.74) is 1.36. The molecule has 1 atom stereocenters. The third kappa shape index (κ3) is 6.55. The van der Waals surface area contributed by atoms with Crippen molar-refractivity contribution in [1.29, 1.82) is 0 Å². The second-order valence-corrected chi connectivity index (χ2v) is 9.10. The molecule has 0 aromatic carbocycles. The SMILES string of the molecule is CCCC1(C(C)CC)CCC2(CCN(CCCN(C)C)C2)CC1.Cl.Cl. The Morgan fingerprint density at radius 2 is 1.64 bits per heavy atom. The van der Waals surface area contributed by atoms with Crippen LogP contribution in [0, 0.1) is 16.7 Å². The molecule has 0 radical (unpaired) electrons. The molecule has 1 saturated carbocycles. The third-order valence-corrected chi connectivity index (χ3v) is 7.31. The van der Waals surface area contributed by atoms with Crippen LogP contribution in [0.1, 0.15) is 78.6 Å². The maximum atomic E-state index is 2.76. The monoisotopic (exact) mass is 394 g/mol. The lowest BCUT2D eigenvalue weighted by Gasteiger charge is -2.48. The Balaban J connectivity index is 0.00000288. The molecule has 0 amide bonds. The minimum absolute atomic E-state index is 0. The molecule has 1 unspecified atom stereocenters. The van der Waals surface area contributed by atoms with E-state index >= 15 is 0 Å². The van der Waals surface area contributed by atoms with Gasteiger partial charge in [0.05, 0.1) is 0 Å². The number of likely N-dealkylation sites (tertiary alicyclic amines) is 1. The predicted octanol–water partition coefficient (Wildman–Crippen LogP) is 5.88. The zero-order chi connectivity index (χ0) is 16.9. The van der Waals surface area contributed by atoms with E-state index in [1.807, 2.05) is 0 Å². The van der Waals surface area contributed by atoms with Gasteiger partial charge in [-0.1, -0.05) is 33.6 Å². The molecule has 25 heavy (non-hydrogen) atoms. The highest BCUT2D eigenvalue weighted by molar-refractivity contribution is 5.85. The van der Waals surface area contributed by atoms with Crippen LogP contribution in [0.5, 0.6) is 0 Å². The standard InChI is InChI=1S/C21H42N2.2ClH/c1-6-9-21(19(3)7-2)12-10-20(11-13-21)14-17-23(18-20)16-8-15-22(4)5;;/h19H,6-18H2,1-5H3;2*1H. The van der Waals surface area contributed by atoms with Crippen LogP contribution in [-0.2, 0) is 0 Å². The summed E-state index contributed by atoms with van der Waals surface area (Å²) >= 11 is 0. The minimum Gasteiger partial charge on any atom is -0.309 e. The van der Waals surface area contributed by atoms with Crippen molar-refractivity contribution in [3.05, 3.63) is 0 Å². The van der Waals surface area contributed by atoms with Crippen LogP contribution in [0.15, 0.2) is 0 Å². The van der Waals surface area contributed by atoms with E-state index in [-0.39, 0.29) is 24.8 Å². The van der Waals surface area contributed by atoms with Gasteiger partial charge in [0.15, 0.2) is 0 Å². The summed E-state index contributed by atoms with van der Waals surface area (Å²) < 4.78 is 0. The second-order valence-electron chi connectivity index (χ2n) is 9.10. The number of rotatable bonds is 8. The molecule has 152 valence electrons. The van der Waals surface area contributed by atoms with Crippen molar-refractivity contribution in [1.82, 2.24) is 9.80 Å². The highest BCUT2D eigenvalue weighted by Gasteiger charge is 2.46. The highest BCUT2D eigenvalue weighted by atomic mass is 35.5. The first-order valence-corrected chi connectivity index (χ1v) is 10.3. The van der Waals surface area contributed by atoms with Crippen molar-refractivity contribution in [2.75, 3.05) is 40.3 Å². The smallest absolute Gasteiger partial charge is 0.00385 e. The van der Waals surface area contributed by atoms with Crippen LogP contribution in [0.25, 0.3) is 0 Å². The van der Waals surface area contributed by atoms with Gasteiger partial charge in [-0.05, 0) is 95.4 Å². The highest BCUT2D eigenvalue weighted by Crippen LogP contribution is 2.55. The van der Waals surface area contributed by atoms with Gasteiger partial charge in [-0.2, -0.15) is 0 Å². The molecular weight excluding hydrogens is 351 g/mol. The fraction of sp³-hybridized carbons (Fsp3) is 1.00. The van der Waals surface area contributed by atoms with Gasteiger partial charge in [0, 0.05) is 6.54 Å². The Hall–Kier alpha value is 0.500. The van der Waals surface area contributed by atoms with E-state index in [4.69, 9.17) is 0 Å². The van der Waals surface area contributed by atoms with Crippen molar-refractivity contribution in [3.63, 3.8) is 0 Å². The summed E-state index contributed by atoms with van der Waals surface area (Å²) in [7, 11) is 4.38. The van der Waals surface area contributed by atoms with Gasteiger partial charge in [-0.3, -0.25) is 0 Å². The van der Waals surface area contributed by atoms with Crippen LogP contribution in [-0.4, -0.2) is 50.1 Å². The lowest BCUT2D eigenvalue weighted by Crippen LogP contribution is -2.39. The molecule has 1 aliphatic carbocycles. The fourth-order valence-corrected chi connectivity index (χ4v) is 5.44. The molecular formula is C21H44Cl2N2. The molecule has 0 aromatic rings. The summed E-state index contributed by atoms with van der Waals surface area (Å²) in [5, 5.41) is 0. The lowest BCUT2D eigenvalue weighted by molar-refractivity contribution is 0.0275. The van der Waals surface area contributed by atoms with Crippen LogP contribution >= 0.6 is 24.8 Å². The largest absolute Gasteiger partial charge is 0.309 e.